The number of carbonyl (C=O) groups is 3. The summed E-state index contributed by atoms with van der Waals surface area (Å²) in [5, 5.41) is 13.4. The number of primary amides is 1. The number of carboxylic acid groups (broad SMARTS) is 1. The second kappa shape index (κ2) is 6.74. The van der Waals surface area contributed by atoms with Crippen molar-refractivity contribution in [1.82, 2.24) is 5.32 Å². The van der Waals surface area contributed by atoms with Gasteiger partial charge in [-0.25, -0.2) is 9.59 Å². The Morgan fingerprint density at radius 1 is 1.37 bits per heavy atom. The summed E-state index contributed by atoms with van der Waals surface area (Å²) in [5.74, 6) is -2.14. The number of hydrogen-bond acceptors (Lipinski definition) is 3. The van der Waals surface area contributed by atoms with Gasteiger partial charge in [0.15, 0.2) is 0 Å². The van der Waals surface area contributed by atoms with Gasteiger partial charge in [0.2, 0.25) is 5.91 Å². The molecule has 0 heterocycles. The molecular weight excluding hydrogens is 318 g/mol. The van der Waals surface area contributed by atoms with Crippen LogP contribution in [0.15, 0.2) is 28.7 Å². The molecule has 1 atom stereocenters. The standard InChI is InChI=1S/C11H12BrN3O4/c12-6-2-1-3-7(4-6)14-11(19)15-8(10(17)18)5-9(13)16/h1-4,8H,5H2,(H2,13,16)(H,17,18)(H2,14,15,19)/t8-/m1/s1. The number of nitrogens with two attached hydrogens (primary N) is 1. The molecule has 0 saturated carbocycles. The van der Waals surface area contributed by atoms with Crippen LogP contribution in [0.2, 0.25) is 0 Å². The molecule has 102 valence electrons. The van der Waals surface area contributed by atoms with Crippen molar-refractivity contribution in [2.24, 2.45) is 5.73 Å². The fourth-order valence-electron chi connectivity index (χ4n) is 1.29. The molecule has 19 heavy (non-hydrogen) atoms. The molecule has 1 aromatic rings. The van der Waals surface area contributed by atoms with Gasteiger partial charge in [-0.2, -0.15) is 0 Å². The maximum atomic E-state index is 11.6. The number of rotatable bonds is 5. The fourth-order valence-corrected chi connectivity index (χ4v) is 1.69. The molecule has 0 bridgehead atoms. The smallest absolute Gasteiger partial charge is 0.326 e. The first-order chi connectivity index (χ1) is 8.88. The zero-order valence-corrected chi connectivity index (χ0v) is 11.3. The Balaban J connectivity index is 2.62. The third kappa shape index (κ3) is 5.38. The maximum absolute atomic E-state index is 11.6. The lowest BCUT2D eigenvalue weighted by Crippen LogP contribution is -2.45. The van der Waals surface area contributed by atoms with E-state index in [-0.39, 0.29) is 0 Å². The van der Waals surface area contributed by atoms with Crippen LogP contribution in [0.5, 0.6) is 0 Å². The van der Waals surface area contributed by atoms with Crippen LogP contribution < -0.4 is 16.4 Å². The van der Waals surface area contributed by atoms with Crippen molar-refractivity contribution in [3.05, 3.63) is 28.7 Å². The lowest BCUT2D eigenvalue weighted by atomic mass is 10.2. The summed E-state index contributed by atoms with van der Waals surface area (Å²) in [6.07, 6.45) is -0.471. The molecule has 0 unspecified atom stereocenters. The molecule has 7 nitrogen and oxygen atoms in total. The van der Waals surface area contributed by atoms with Gasteiger partial charge in [0, 0.05) is 10.2 Å². The van der Waals surface area contributed by atoms with Crippen LogP contribution in [0.4, 0.5) is 10.5 Å². The average molecular weight is 330 g/mol. The Bertz CT molecular complexity index is 506. The Morgan fingerprint density at radius 2 is 2.05 bits per heavy atom. The van der Waals surface area contributed by atoms with Crippen LogP contribution in [0.1, 0.15) is 6.42 Å². The predicted octanol–water partition coefficient (Wildman–Crippen LogP) is 0.899. The number of amides is 3. The summed E-state index contributed by atoms with van der Waals surface area (Å²) in [6.45, 7) is 0. The zero-order valence-electron chi connectivity index (χ0n) is 9.72. The molecule has 0 spiro atoms. The molecule has 3 amide bonds. The Hall–Kier alpha value is -2.09. The van der Waals surface area contributed by atoms with E-state index in [4.69, 9.17) is 10.8 Å². The van der Waals surface area contributed by atoms with Crippen molar-refractivity contribution in [3.63, 3.8) is 0 Å². The minimum atomic E-state index is -1.36. The number of carboxylic acids is 1. The first kappa shape index (κ1) is 15.0. The van der Waals surface area contributed by atoms with E-state index in [0.29, 0.717) is 5.69 Å². The highest BCUT2D eigenvalue weighted by Gasteiger charge is 2.22. The van der Waals surface area contributed by atoms with E-state index in [1.165, 1.54) is 0 Å². The van der Waals surface area contributed by atoms with Crippen molar-refractivity contribution >= 4 is 39.5 Å². The lowest BCUT2D eigenvalue weighted by molar-refractivity contribution is -0.140. The van der Waals surface area contributed by atoms with Gasteiger partial charge in [-0.15, -0.1) is 0 Å². The van der Waals surface area contributed by atoms with Gasteiger partial charge in [-0.05, 0) is 18.2 Å². The molecule has 0 aromatic heterocycles. The summed E-state index contributed by atoms with van der Waals surface area (Å²) in [6, 6.07) is 4.67. The Labute approximate surface area is 117 Å². The quantitative estimate of drug-likeness (QED) is 0.641. The number of hydrogen-bond donors (Lipinski definition) is 4. The molecule has 5 N–H and O–H groups in total. The van der Waals surface area contributed by atoms with E-state index in [1.54, 1.807) is 24.3 Å². The van der Waals surface area contributed by atoms with E-state index in [2.05, 4.69) is 26.6 Å². The molecule has 8 heteroatoms. The number of nitrogens with one attached hydrogen (secondary N) is 2. The third-order valence-electron chi connectivity index (χ3n) is 2.09. The highest BCUT2D eigenvalue weighted by molar-refractivity contribution is 9.10. The van der Waals surface area contributed by atoms with Crippen LogP contribution in [-0.4, -0.2) is 29.1 Å². The summed E-state index contributed by atoms with van der Waals surface area (Å²) in [5.41, 5.74) is 5.38. The van der Waals surface area contributed by atoms with Crippen LogP contribution >= 0.6 is 15.9 Å². The number of carbonyl (C=O) groups excluding carboxylic acids is 2. The number of benzene rings is 1. The van der Waals surface area contributed by atoms with Crippen molar-refractivity contribution in [2.45, 2.75) is 12.5 Å². The molecule has 0 radical (unpaired) electrons. The van der Waals surface area contributed by atoms with Crippen LogP contribution in [0.3, 0.4) is 0 Å². The normalized spacial score (nSPS) is 11.4. The number of halogens is 1. The SMILES string of the molecule is NC(=O)C[C@@H](NC(=O)Nc1cccc(Br)c1)C(=O)O. The van der Waals surface area contributed by atoms with E-state index in [0.717, 1.165) is 4.47 Å². The predicted molar refractivity (Wildman–Crippen MR) is 71.5 cm³/mol. The number of anilines is 1. The first-order valence-electron chi connectivity index (χ1n) is 5.22. The zero-order chi connectivity index (χ0) is 14.4. The lowest BCUT2D eigenvalue weighted by Gasteiger charge is -2.13. The molecular formula is C11H12BrN3O4. The first-order valence-corrected chi connectivity index (χ1v) is 6.02. The van der Waals surface area contributed by atoms with Gasteiger partial charge in [-0.1, -0.05) is 22.0 Å². The second-order valence-electron chi connectivity index (χ2n) is 3.67. The van der Waals surface area contributed by atoms with Crippen molar-refractivity contribution in [2.75, 3.05) is 5.32 Å². The van der Waals surface area contributed by atoms with Gasteiger partial charge < -0.3 is 21.5 Å². The molecule has 1 rings (SSSR count). The van der Waals surface area contributed by atoms with E-state index >= 15 is 0 Å². The van der Waals surface area contributed by atoms with E-state index in [1.807, 2.05) is 0 Å². The van der Waals surface area contributed by atoms with Gasteiger partial charge >= 0.3 is 12.0 Å². The molecule has 0 aliphatic heterocycles. The van der Waals surface area contributed by atoms with Crippen molar-refractivity contribution in [1.29, 1.82) is 0 Å². The monoisotopic (exact) mass is 329 g/mol. The summed E-state index contributed by atoms with van der Waals surface area (Å²) in [7, 11) is 0. The van der Waals surface area contributed by atoms with Crippen LogP contribution in [0.25, 0.3) is 0 Å². The molecule has 0 aliphatic rings. The van der Waals surface area contributed by atoms with E-state index in [9.17, 15) is 14.4 Å². The van der Waals surface area contributed by atoms with E-state index < -0.39 is 30.4 Å². The molecule has 0 aliphatic carbocycles. The highest BCUT2D eigenvalue weighted by atomic mass is 79.9. The molecule has 0 fully saturated rings. The topological polar surface area (TPSA) is 122 Å². The largest absolute Gasteiger partial charge is 0.480 e. The second-order valence-corrected chi connectivity index (χ2v) is 4.59. The highest BCUT2D eigenvalue weighted by Crippen LogP contribution is 2.15. The third-order valence-corrected chi connectivity index (χ3v) is 2.58. The summed E-state index contributed by atoms with van der Waals surface area (Å²) < 4.78 is 0.761. The maximum Gasteiger partial charge on any atom is 0.326 e. The molecule has 1 aromatic carbocycles. The summed E-state index contributed by atoms with van der Waals surface area (Å²) >= 11 is 3.23. The average Bonchev–Trinajstić information content (AvgIpc) is 2.27. The van der Waals surface area contributed by atoms with Gasteiger partial charge in [0.1, 0.15) is 6.04 Å². The fraction of sp³-hybridized carbons (Fsp3) is 0.182. The Kier molecular flexibility index (Phi) is 5.31. The van der Waals surface area contributed by atoms with Crippen molar-refractivity contribution < 1.29 is 19.5 Å². The van der Waals surface area contributed by atoms with Crippen LogP contribution in [-0.2, 0) is 9.59 Å². The number of urea groups is 1. The van der Waals surface area contributed by atoms with Gasteiger partial charge in [-0.3, -0.25) is 4.79 Å². The molecule has 0 saturated heterocycles. The van der Waals surface area contributed by atoms with Crippen LogP contribution in [0, 0.1) is 0 Å². The van der Waals surface area contributed by atoms with Crippen molar-refractivity contribution in [3.8, 4) is 0 Å². The van der Waals surface area contributed by atoms with Gasteiger partial charge in [0.05, 0.1) is 6.42 Å². The summed E-state index contributed by atoms with van der Waals surface area (Å²) in [4.78, 5) is 33.1. The van der Waals surface area contributed by atoms with Gasteiger partial charge in [0.25, 0.3) is 0 Å². The minimum Gasteiger partial charge on any atom is -0.480 e. The number of aliphatic carboxylic acids is 1. The minimum absolute atomic E-state index is 0.471. The Morgan fingerprint density at radius 3 is 2.58 bits per heavy atom.